The summed E-state index contributed by atoms with van der Waals surface area (Å²) in [6, 6.07) is 0. The number of allylic oxidation sites excluding steroid dienone is 2. The van der Waals surface area contributed by atoms with E-state index in [9.17, 15) is 55.5 Å². The number of methoxy groups -OCH3 is 1. The van der Waals surface area contributed by atoms with Crippen LogP contribution in [0.4, 0.5) is 0 Å². The van der Waals surface area contributed by atoms with Crippen molar-refractivity contribution in [1.82, 2.24) is 0 Å². The van der Waals surface area contributed by atoms with Gasteiger partial charge in [-0.2, -0.15) is 0 Å². The summed E-state index contributed by atoms with van der Waals surface area (Å²) in [7, 11) is 1.70. The molecule has 0 unspecified atom stereocenters. The number of aliphatic hydroxyl groups is 9. The Hall–Kier alpha value is -2.41. The second kappa shape index (κ2) is 19.3. The number of fused-ring (bicyclic) bond motifs is 7. The first-order valence-corrected chi connectivity index (χ1v) is 25.5. The molecule has 8 aliphatic rings. The van der Waals surface area contributed by atoms with Gasteiger partial charge in [0.25, 0.3) is 0 Å². The Morgan fingerprint density at radius 3 is 2.00 bits per heavy atom. The van der Waals surface area contributed by atoms with Crippen LogP contribution in [0.5, 0.6) is 0 Å². The van der Waals surface area contributed by atoms with Crippen LogP contribution in [0.3, 0.4) is 0 Å². The highest BCUT2D eigenvalue weighted by atomic mass is 16.8. The smallest absolute Gasteiger partial charge is 0.315 e. The van der Waals surface area contributed by atoms with Crippen molar-refractivity contribution in [2.24, 2.45) is 56.2 Å². The van der Waals surface area contributed by atoms with Crippen molar-refractivity contribution in [3.05, 3.63) is 11.8 Å². The number of rotatable bonds is 10. The van der Waals surface area contributed by atoms with Gasteiger partial charge in [-0.25, -0.2) is 0 Å². The number of aliphatic hydroxyl groups excluding tert-OH is 9. The van der Waals surface area contributed by atoms with Gasteiger partial charge >= 0.3 is 11.9 Å². The molecule has 0 aromatic rings. The van der Waals surface area contributed by atoms with Crippen LogP contribution in [0.2, 0.25) is 0 Å². The SMILES string of the molecule is COC1=C[C@@H]2[C@@H]3CC(C)(C)C(=O)C[C@]3(C(=O)O[C@@H]3O[C@H](CO[C@@H]4O[C@H](COC(C)=O)[C@@H](O[C@@H]5O[C@@H](C)[C@H](O)[C@@H](O)[C@H]5O)[C@H](O)[C@H]4O)[C@@H](O)[C@H](O)[C@H]3O)CC[C@@]2(C)[C@]2(C)CC[C@H]3C(C)(C)[C@H](O)CC[C@]3(C)[C@@H]12. The second-order valence-corrected chi connectivity index (χ2v) is 24.4. The zero-order chi connectivity index (χ0) is 52.3. The molecule has 20 heteroatoms. The quantitative estimate of drug-likeness (QED) is 0.136. The van der Waals surface area contributed by atoms with E-state index >= 15 is 4.79 Å². The topological polar surface area (TPSA) is 307 Å². The van der Waals surface area contributed by atoms with E-state index in [-0.39, 0.29) is 51.6 Å². The number of hydrogen-bond acceptors (Lipinski definition) is 20. The molecule has 8 rings (SSSR count). The van der Waals surface area contributed by atoms with Crippen LogP contribution in [0.1, 0.15) is 114 Å². The number of hydrogen-bond donors (Lipinski definition) is 9. The van der Waals surface area contributed by atoms with Gasteiger partial charge in [0.15, 0.2) is 12.6 Å². The van der Waals surface area contributed by atoms with Crippen LogP contribution in [0, 0.1) is 56.2 Å². The first-order valence-electron chi connectivity index (χ1n) is 25.5. The van der Waals surface area contributed by atoms with Crippen molar-refractivity contribution < 1.29 is 98.2 Å². The molecule has 3 saturated heterocycles. The number of ether oxygens (including phenoxy) is 8. The van der Waals surface area contributed by atoms with E-state index in [2.05, 4.69) is 40.7 Å². The summed E-state index contributed by atoms with van der Waals surface area (Å²) in [6.07, 6.45) is -19.1. The van der Waals surface area contributed by atoms with E-state index in [4.69, 9.17) is 37.9 Å². The minimum atomic E-state index is -1.95. The van der Waals surface area contributed by atoms with Gasteiger partial charge in [-0.05, 0) is 97.4 Å². The van der Waals surface area contributed by atoms with Crippen molar-refractivity contribution in [2.75, 3.05) is 20.3 Å². The Kier molecular flexibility index (Phi) is 14.9. The number of Topliss-reactive ketones (excluding diaryl/α,β-unsaturated/α-hetero) is 1. The average Bonchev–Trinajstić information content (AvgIpc) is 3.30. The standard InChI is InChI=1S/C51H80O20/c1-22-32(55)34(57)37(60)43(67-22)70-40-28(21-65-23(2)52)69-42(39(62)36(40)59)66-20-27-33(56)35(58)38(61)44(68-27)71-45(63)51-16-15-49(8)24(25(51)18-46(3,4)31(54)19-51)17-26(64-10)41-48(7)13-12-30(53)47(5,6)29(48)11-14-50(41,49)9/h17,22,24-25,27-30,32-44,53,55-62H,11-16,18-21H2,1-10H3/t22-,24+,25-,27+,28+,29-,30+,32-,33+,34+,35-,36+,37+,38+,39+,40+,41+,42+,43-,44-,48-,49+,50+,51+/m0/s1. The minimum Gasteiger partial charge on any atom is -0.501 e. The summed E-state index contributed by atoms with van der Waals surface area (Å²) >= 11 is 0. The fourth-order valence-electron chi connectivity index (χ4n) is 15.2. The highest BCUT2D eigenvalue weighted by Gasteiger charge is 2.73. The number of esters is 2. The average molecular weight is 1010 g/mol. The van der Waals surface area contributed by atoms with Crippen LogP contribution in [0.15, 0.2) is 11.8 Å². The normalized spacial score (nSPS) is 51.3. The Bertz CT molecular complexity index is 2030. The van der Waals surface area contributed by atoms with E-state index in [1.165, 1.54) is 6.92 Å². The molecule has 71 heavy (non-hydrogen) atoms. The predicted octanol–water partition coefficient (Wildman–Crippen LogP) is 0.748. The number of ketones is 1. The monoisotopic (exact) mass is 1010 g/mol. The highest BCUT2D eigenvalue weighted by Crippen LogP contribution is 2.76. The number of carbonyl (C=O) groups is 3. The van der Waals surface area contributed by atoms with Gasteiger partial charge in [-0.3, -0.25) is 14.4 Å². The maximum Gasteiger partial charge on any atom is 0.315 e. The van der Waals surface area contributed by atoms with Gasteiger partial charge in [0, 0.05) is 24.7 Å². The number of carbonyl (C=O) groups excluding carboxylic acids is 3. The molecule has 404 valence electrons. The third-order valence-electron chi connectivity index (χ3n) is 19.8. The molecule has 7 fully saturated rings. The van der Waals surface area contributed by atoms with Crippen LogP contribution >= 0.6 is 0 Å². The van der Waals surface area contributed by atoms with Crippen molar-refractivity contribution in [3.8, 4) is 0 Å². The van der Waals surface area contributed by atoms with E-state index in [0.29, 0.717) is 25.7 Å². The lowest BCUT2D eigenvalue weighted by Crippen LogP contribution is -2.68. The summed E-state index contributed by atoms with van der Waals surface area (Å²) in [6.45, 7) is 16.5. The molecular weight excluding hydrogens is 933 g/mol. The first-order chi connectivity index (χ1) is 33.0. The Labute approximate surface area is 415 Å². The molecule has 20 nitrogen and oxygen atoms in total. The predicted molar refractivity (Wildman–Crippen MR) is 245 cm³/mol. The van der Waals surface area contributed by atoms with Crippen LogP contribution < -0.4 is 0 Å². The Morgan fingerprint density at radius 2 is 1.34 bits per heavy atom. The molecule has 5 aliphatic carbocycles. The zero-order valence-electron chi connectivity index (χ0n) is 42.7. The molecule has 4 saturated carbocycles. The molecule has 24 atom stereocenters. The fourth-order valence-corrected chi connectivity index (χ4v) is 15.2. The molecule has 0 aromatic carbocycles. The third kappa shape index (κ3) is 8.82. The van der Waals surface area contributed by atoms with Crippen LogP contribution in [-0.2, 0) is 52.3 Å². The highest BCUT2D eigenvalue weighted by molar-refractivity contribution is 5.92. The maximum atomic E-state index is 15.1. The zero-order valence-corrected chi connectivity index (χ0v) is 42.7. The van der Waals surface area contributed by atoms with Crippen LogP contribution in [-0.4, -0.2) is 182 Å². The van der Waals surface area contributed by atoms with Gasteiger partial charge in [-0.15, -0.1) is 0 Å². The van der Waals surface area contributed by atoms with Gasteiger partial charge in [0.1, 0.15) is 79.5 Å². The van der Waals surface area contributed by atoms with Gasteiger partial charge in [0.2, 0.25) is 6.29 Å². The summed E-state index contributed by atoms with van der Waals surface area (Å²) in [5.41, 5.74) is -3.31. The summed E-state index contributed by atoms with van der Waals surface area (Å²) in [5, 5.41) is 98.5. The second-order valence-electron chi connectivity index (χ2n) is 24.4. The van der Waals surface area contributed by atoms with Gasteiger partial charge < -0.3 is 83.9 Å². The van der Waals surface area contributed by atoms with Crippen molar-refractivity contribution in [2.45, 2.75) is 212 Å². The third-order valence-corrected chi connectivity index (χ3v) is 19.8. The van der Waals surface area contributed by atoms with E-state index in [0.717, 1.165) is 31.9 Å². The van der Waals surface area contributed by atoms with E-state index < -0.39 is 140 Å². The summed E-state index contributed by atoms with van der Waals surface area (Å²) in [4.78, 5) is 41.1. The van der Waals surface area contributed by atoms with Crippen molar-refractivity contribution in [3.63, 3.8) is 0 Å². The molecule has 0 radical (unpaired) electrons. The molecule has 9 N–H and O–H groups in total. The Morgan fingerprint density at radius 1 is 0.704 bits per heavy atom. The first kappa shape index (κ1) is 54.8. The summed E-state index contributed by atoms with van der Waals surface area (Å²) in [5.74, 6) is -1.20. The molecule has 0 bridgehead atoms. The molecule has 0 spiro atoms. The fraction of sp³-hybridized carbons (Fsp3) is 0.902. The van der Waals surface area contributed by atoms with Crippen molar-refractivity contribution in [1.29, 1.82) is 0 Å². The minimum absolute atomic E-state index is 0.0279. The lowest BCUT2D eigenvalue weighted by atomic mass is 9.32. The summed E-state index contributed by atoms with van der Waals surface area (Å²) < 4.78 is 46.6. The van der Waals surface area contributed by atoms with E-state index in [1.54, 1.807) is 7.11 Å². The molecule has 3 heterocycles. The molecule has 0 aromatic heterocycles. The molecule has 3 aliphatic heterocycles. The lowest BCUT2D eigenvalue weighted by molar-refractivity contribution is -0.361. The molecule has 0 amide bonds. The Balaban J connectivity index is 1.02. The van der Waals surface area contributed by atoms with Gasteiger partial charge in [-0.1, -0.05) is 48.5 Å². The van der Waals surface area contributed by atoms with E-state index in [1.807, 2.05) is 13.8 Å². The largest absolute Gasteiger partial charge is 0.501 e. The van der Waals surface area contributed by atoms with Crippen molar-refractivity contribution >= 4 is 17.7 Å². The maximum absolute atomic E-state index is 15.1. The van der Waals surface area contributed by atoms with Gasteiger partial charge in [0.05, 0.1) is 37.1 Å². The lowest BCUT2D eigenvalue weighted by Gasteiger charge is -2.72. The van der Waals surface area contributed by atoms with Crippen LogP contribution in [0.25, 0.3) is 0 Å². The molecular formula is C51H80O20.